The van der Waals surface area contributed by atoms with Gasteiger partial charge in [0.25, 0.3) is 0 Å². The Morgan fingerprint density at radius 3 is 2.15 bits per heavy atom. The third-order valence-electron chi connectivity index (χ3n) is 7.22. The van der Waals surface area contributed by atoms with Gasteiger partial charge in [-0.15, -0.1) is 37.2 Å². The van der Waals surface area contributed by atoms with Gasteiger partial charge < -0.3 is 15.4 Å². The molecule has 1 aromatic heterocycles. The van der Waals surface area contributed by atoms with Gasteiger partial charge in [-0.3, -0.25) is 4.90 Å². The lowest BCUT2D eigenvalue weighted by Gasteiger charge is -2.33. The Labute approximate surface area is 254 Å². The maximum absolute atomic E-state index is 9.35. The van der Waals surface area contributed by atoms with Crippen molar-refractivity contribution in [1.29, 1.82) is 10.5 Å². The fourth-order valence-electron chi connectivity index (χ4n) is 5.29. The average Bonchev–Trinajstić information content (AvgIpc) is 3.14. The smallest absolute Gasteiger partial charge is 0.230 e. The second-order valence-corrected chi connectivity index (χ2v) is 9.76. The van der Waals surface area contributed by atoms with Crippen LogP contribution in [-0.2, 0) is 12.8 Å². The van der Waals surface area contributed by atoms with Gasteiger partial charge in [0.1, 0.15) is 5.75 Å². The number of rotatable bonds is 5. The molecule has 0 saturated carbocycles. The molecule has 3 aromatic rings. The van der Waals surface area contributed by atoms with E-state index in [4.69, 9.17) is 20.0 Å². The number of nitrogens with zero attached hydrogens (tertiary/aromatic N) is 5. The molecule has 212 valence electrons. The first-order valence-corrected chi connectivity index (χ1v) is 12.8. The van der Waals surface area contributed by atoms with Crippen molar-refractivity contribution < 1.29 is 4.74 Å². The number of anilines is 2. The Morgan fingerprint density at radius 2 is 1.52 bits per heavy atom. The second kappa shape index (κ2) is 15.0. The van der Waals surface area contributed by atoms with Crippen LogP contribution < -0.4 is 15.4 Å². The highest BCUT2D eigenvalue weighted by Gasteiger charge is 2.27. The van der Waals surface area contributed by atoms with Gasteiger partial charge in [0.15, 0.2) is 0 Å². The van der Waals surface area contributed by atoms with Crippen LogP contribution in [0.15, 0.2) is 36.4 Å². The van der Waals surface area contributed by atoms with E-state index in [1.807, 2.05) is 38.1 Å². The predicted molar refractivity (Wildman–Crippen MR) is 164 cm³/mol. The van der Waals surface area contributed by atoms with E-state index < -0.39 is 0 Å². The summed E-state index contributed by atoms with van der Waals surface area (Å²) in [6.45, 7) is 7.95. The quantitative estimate of drug-likeness (QED) is 0.378. The van der Waals surface area contributed by atoms with Gasteiger partial charge in [0.05, 0.1) is 29.0 Å². The Kier molecular flexibility index (Phi) is 12.4. The minimum Gasteiger partial charge on any atom is -0.438 e. The van der Waals surface area contributed by atoms with Gasteiger partial charge in [-0.2, -0.15) is 15.5 Å². The number of piperidine rings is 1. The van der Waals surface area contributed by atoms with Crippen LogP contribution >= 0.6 is 37.2 Å². The summed E-state index contributed by atoms with van der Waals surface area (Å²) < 4.78 is 6.52. The van der Waals surface area contributed by atoms with Crippen LogP contribution in [0.5, 0.6) is 11.6 Å². The second-order valence-electron chi connectivity index (χ2n) is 9.76. The maximum atomic E-state index is 9.35. The highest BCUT2D eigenvalue weighted by Crippen LogP contribution is 2.34. The molecule has 2 N–H and O–H groups in total. The van der Waals surface area contributed by atoms with Crippen molar-refractivity contribution in [2.75, 3.05) is 31.5 Å². The lowest BCUT2D eigenvalue weighted by atomic mass is 10.0. The SMILES string of the molecule is Cc1cc(C#N)cc(C)c1Oc1nc(Nc2ccc(C#N)cc2)nc2c1CCN(C1CCNCC1)CC2.Cl.Cl.Cl. The summed E-state index contributed by atoms with van der Waals surface area (Å²) in [7, 11) is 0. The van der Waals surface area contributed by atoms with Crippen molar-refractivity contribution in [2.24, 2.45) is 0 Å². The number of ether oxygens (including phenoxy) is 1. The maximum Gasteiger partial charge on any atom is 0.230 e. The van der Waals surface area contributed by atoms with Crippen molar-refractivity contribution in [3.05, 3.63) is 69.9 Å². The molecule has 2 aromatic carbocycles. The molecule has 0 unspecified atom stereocenters. The third-order valence-corrected chi connectivity index (χ3v) is 7.22. The monoisotopic (exact) mass is 601 g/mol. The van der Waals surface area contributed by atoms with Gasteiger partial charge in [0, 0.05) is 36.8 Å². The molecule has 0 aliphatic carbocycles. The molecule has 0 bridgehead atoms. The van der Waals surface area contributed by atoms with E-state index in [-0.39, 0.29) is 37.2 Å². The minimum atomic E-state index is 0. The van der Waals surface area contributed by atoms with Crippen molar-refractivity contribution >= 4 is 48.9 Å². The summed E-state index contributed by atoms with van der Waals surface area (Å²) in [5.41, 5.74) is 5.87. The minimum absolute atomic E-state index is 0. The molecule has 0 radical (unpaired) electrons. The standard InChI is InChI=1S/C29H31N7O.3ClH/c1-19-15-22(18-31)16-20(2)27(19)37-28-25-9-13-36(24-7-11-32-12-8-24)14-10-26(25)34-29(35-28)33-23-5-3-21(17-30)4-6-23;;;/h3-6,15-16,24,32H,7-14H2,1-2H3,(H,33,34,35);3*1H. The molecular weight excluding hydrogens is 569 g/mol. The molecule has 40 heavy (non-hydrogen) atoms. The molecule has 0 spiro atoms. The predicted octanol–water partition coefficient (Wildman–Crippen LogP) is 5.79. The fourth-order valence-corrected chi connectivity index (χ4v) is 5.29. The van der Waals surface area contributed by atoms with E-state index in [1.165, 1.54) is 12.8 Å². The average molecular weight is 603 g/mol. The number of hydrogen-bond donors (Lipinski definition) is 2. The van der Waals surface area contributed by atoms with E-state index in [9.17, 15) is 5.26 Å². The van der Waals surface area contributed by atoms with Crippen LogP contribution in [0.2, 0.25) is 0 Å². The molecule has 0 amide bonds. The van der Waals surface area contributed by atoms with Crippen LogP contribution in [0.3, 0.4) is 0 Å². The molecular formula is C29H34Cl3N7O. The number of benzene rings is 2. The van der Waals surface area contributed by atoms with Crippen molar-refractivity contribution in [3.8, 4) is 23.8 Å². The zero-order valence-corrected chi connectivity index (χ0v) is 25.0. The summed E-state index contributed by atoms with van der Waals surface area (Å²) in [6, 6.07) is 15.9. The van der Waals surface area contributed by atoms with Gasteiger partial charge in [-0.1, -0.05) is 0 Å². The lowest BCUT2D eigenvalue weighted by Crippen LogP contribution is -2.44. The summed E-state index contributed by atoms with van der Waals surface area (Å²) in [5, 5.41) is 25.2. The first-order valence-electron chi connectivity index (χ1n) is 12.8. The summed E-state index contributed by atoms with van der Waals surface area (Å²) in [5.74, 6) is 1.76. The lowest BCUT2D eigenvalue weighted by molar-refractivity contribution is 0.169. The molecule has 11 heteroatoms. The Morgan fingerprint density at radius 1 is 0.900 bits per heavy atom. The summed E-state index contributed by atoms with van der Waals surface area (Å²) in [6.07, 6.45) is 3.98. The molecule has 0 atom stereocenters. The normalized spacial score (nSPS) is 15.0. The van der Waals surface area contributed by atoms with Gasteiger partial charge in [0.2, 0.25) is 11.8 Å². The van der Waals surface area contributed by atoms with E-state index in [0.29, 0.717) is 29.0 Å². The molecule has 1 fully saturated rings. The van der Waals surface area contributed by atoms with Gasteiger partial charge in [-0.05, 0) is 93.7 Å². The zero-order valence-electron chi connectivity index (χ0n) is 22.6. The Bertz CT molecular complexity index is 1360. The zero-order chi connectivity index (χ0) is 25.8. The first kappa shape index (κ1) is 33.1. The molecule has 2 aliphatic rings. The topological polar surface area (TPSA) is 110 Å². The third kappa shape index (κ3) is 7.54. The van der Waals surface area contributed by atoms with Crippen LogP contribution in [0, 0.1) is 36.5 Å². The Hall–Kier alpha value is -3.11. The molecule has 8 nitrogen and oxygen atoms in total. The van der Waals surface area contributed by atoms with Crippen LogP contribution in [0.4, 0.5) is 11.6 Å². The number of halogens is 3. The largest absolute Gasteiger partial charge is 0.438 e. The van der Waals surface area contributed by atoms with Crippen molar-refractivity contribution in [2.45, 2.75) is 45.6 Å². The number of aromatic nitrogens is 2. The number of fused-ring (bicyclic) bond motifs is 1. The van der Waals surface area contributed by atoms with E-state index in [1.54, 1.807) is 12.1 Å². The van der Waals surface area contributed by atoms with Crippen molar-refractivity contribution in [1.82, 2.24) is 20.2 Å². The van der Waals surface area contributed by atoms with Gasteiger partial charge >= 0.3 is 0 Å². The number of nitrogens with one attached hydrogen (secondary N) is 2. The van der Waals surface area contributed by atoms with Gasteiger partial charge in [-0.25, -0.2) is 4.98 Å². The number of hydrogen-bond acceptors (Lipinski definition) is 8. The first-order chi connectivity index (χ1) is 18.0. The molecule has 1 saturated heterocycles. The van der Waals surface area contributed by atoms with E-state index in [0.717, 1.165) is 72.8 Å². The van der Waals surface area contributed by atoms with Crippen molar-refractivity contribution in [3.63, 3.8) is 0 Å². The van der Waals surface area contributed by atoms with Crippen LogP contribution in [-0.4, -0.2) is 47.1 Å². The molecule has 3 heterocycles. The summed E-state index contributed by atoms with van der Waals surface area (Å²) in [4.78, 5) is 12.3. The van der Waals surface area contributed by atoms with Crippen LogP contribution in [0.25, 0.3) is 0 Å². The highest BCUT2D eigenvalue weighted by atomic mass is 35.5. The molecule has 5 rings (SSSR count). The van der Waals surface area contributed by atoms with E-state index >= 15 is 0 Å². The van der Waals surface area contributed by atoms with Crippen LogP contribution in [0.1, 0.15) is 46.4 Å². The summed E-state index contributed by atoms with van der Waals surface area (Å²) >= 11 is 0. The highest BCUT2D eigenvalue weighted by molar-refractivity contribution is 5.86. The number of aryl methyl sites for hydroxylation is 2. The Balaban J connectivity index is 0.00000187. The number of nitriles is 2. The molecule has 2 aliphatic heterocycles. The van der Waals surface area contributed by atoms with E-state index in [2.05, 4.69) is 27.7 Å². The fraction of sp³-hybridized carbons (Fsp3) is 0.379.